The number of carbonyl (C=O) groups is 1. The molecule has 3 nitrogen and oxygen atoms in total. The van der Waals surface area contributed by atoms with E-state index in [-0.39, 0.29) is 11.8 Å². The lowest BCUT2D eigenvalue weighted by Crippen LogP contribution is -2.28. The quantitative estimate of drug-likeness (QED) is 0.740. The number of aromatic nitrogens is 1. The molecule has 3 heteroatoms. The Bertz CT molecular complexity index is 900. The Hall–Kier alpha value is -2.68. The van der Waals surface area contributed by atoms with Crippen molar-refractivity contribution in [1.29, 1.82) is 0 Å². The van der Waals surface area contributed by atoms with Crippen LogP contribution in [-0.4, -0.2) is 17.4 Å². The topological polar surface area (TPSA) is 42.0 Å². The SMILES string of the molecule is C[C@@H](CNC(=O)c1cc(C2CC2)nc2ccccc12)c1ccccc1. The Balaban J connectivity index is 1.57. The molecule has 1 amide bonds. The van der Waals surface area contributed by atoms with Crippen LogP contribution < -0.4 is 5.32 Å². The second-order valence-electron chi connectivity index (χ2n) is 6.91. The van der Waals surface area contributed by atoms with Gasteiger partial charge in [-0.1, -0.05) is 55.5 Å². The van der Waals surface area contributed by atoms with Gasteiger partial charge in [-0.05, 0) is 36.5 Å². The smallest absolute Gasteiger partial charge is 0.252 e. The van der Waals surface area contributed by atoms with Crippen molar-refractivity contribution in [2.45, 2.75) is 31.6 Å². The van der Waals surface area contributed by atoms with Crippen molar-refractivity contribution in [2.24, 2.45) is 0 Å². The molecule has 2 aromatic carbocycles. The number of benzene rings is 2. The van der Waals surface area contributed by atoms with E-state index in [0.717, 1.165) is 22.2 Å². The maximum absolute atomic E-state index is 12.9. The van der Waals surface area contributed by atoms with E-state index in [2.05, 4.69) is 24.4 Å². The highest BCUT2D eigenvalue weighted by Crippen LogP contribution is 2.40. The van der Waals surface area contributed by atoms with E-state index in [1.807, 2.05) is 48.5 Å². The molecule has 1 N–H and O–H groups in total. The van der Waals surface area contributed by atoms with Gasteiger partial charge in [0.15, 0.2) is 0 Å². The van der Waals surface area contributed by atoms with Crippen LogP contribution in [0.1, 0.15) is 53.2 Å². The van der Waals surface area contributed by atoms with Crippen molar-refractivity contribution >= 4 is 16.8 Å². The first-order valence-electron chi connectivity index (χ1n) is 8.95. The van der Waals surface area contributed by atoms with Crippen molar-refractivity contribution in [1.82, 2.24) is 10.3 Å². The molecule has 1 heterocycles. The molecule has 1 aliphatic carbocycles. The summed E-state index contributed by atoms with van der Waals surface area (Å²) in [5.74, 6) is 0.795. The Kier molecular flexibility index (Phi) is 4.22. The van der Waals surface area contributed by atoms with Gasteiger partial charge in [0.05, 0.1) is 11.1 Å². The third-order valence-electron chi connectivity index (χ3n) is 4.91. The van der Waals surface area contributed by atoms with Gasteiger partial charge < -0.3 is 5.32 Å². The maximum atomic E-state index is 12.9. The molecule has 1 fully saturated rings. The summed E-state index contributed by atoms with van der Waals surface area (Å²) in [4.78, 5) is 17.6. The summed E-state index contributed by atoms with van der Waals surface area (Å²) >= 11 is 0. The number of pyridine rings is 1. The summed E-state index contributed by atoms with van der Waals surface area (Å²) in [6, 6.07) is 20.2. The predicted molar refractivity (Wildman–Crippen MR) is 101 cm³/mol. The number of amides is 1. The summed E-state index contributed by atoms with van der Waals surface area (Å²) in [5.41, 5.74) is 3.95. The normalized spacial score (nSPS) is 15.1. The minimum absolute atomic E-state index is 0.0109. The molecule has 25 heavy (non-hydrogen) atoms. The lowest BCUT2D eigenvalue weighted by Gasteiger charge is -2.14. The van der Waals surface area contributed by atoms with Gasteiger partial charge >= 0.3 is 0 Å². The average Bonchev–Trinajstić information content (AvgIpc) is 3.51. The average molecular weight is 330 g/mol. The van der Waals surface area contributed by atoms with Gasteiger partial charge in [-0.2, -0.15) is 0 Å². The Morgan fingerprint density at radius 3 is 2.60 bits per heavy atom. The second-order valence-corrected chi connectivity index (χ2v) is 6.91. The molecule has 1 atom stereocenters. The molecule has 0 radical (unpaired) electrons. The molecule has 3 aromatic rings. The fraction of sp³-hybridized carbons (Fsp3) is 0.273. The summed E-state index contributed by atoms with van der Waals surface area (Å²) in [7, 11) is 0. The lowest BCUT2D eigenvalue weighted by atomic mass is 10.0. The maximum Gasteiger partial charge on any atom is 0.252 e. The number of hydrogen-bond donors (Lipinski definition) is 1. The van der Waals surface area contributed by atoms with Gasteiger partial charge in [0.25, 0.3) is 5.91 Å². The molecule has 0 aliphatic heterocycles. The van der Waals surface area contributed by atoms with Gasteiger partial charge in [-0.3, -0.25) is 9.78 Å². The van der Waals surface area contributed by atoms with Crippen LogP contribution >= 0.6 is 0 Å². The number of fused-ring (bicyclic) bond motifs is 1. The molecule has 0 saturated heterocycles. The van der Waals surface area contributed by atoms with E-state index in [1.54, 1.807) is 0 Å². The number of hydrogen-bond acceptors (Lipinski definition) is 2. The van der Waals surface area contributed by atoms with E-state index < -0.39 is 0 Å². The molecule has 1 aromatic heterocycles. The molecule has 1 aliphatic rings. The van der Waals surface area contributed by atoms with Crippen LogP contribution in [0.5, 0.6) is 0 Å². The van der Waals surface area contributed by atoms with Crippen molar-refractivity contribution in [3.8, 4) is 0 Å². The first-order chi connectivity index (χ1) is 12.2. The van der Waals surface area contributed by atoms with Crippen molar-refractivity contribution in [2.75, 3.05) is 6.54 Å². The van der Waals surface area contributed by atoms with Gasteiger partial charge in [-0.15, -0.1) is 0 Å². The fourth-order valence-corrected chi connectivity index (χ4v) is 3.21. The lowest BCUT2D eigenvalue weighted by molar-refractivity contribution is 0.0953. The van der Waals surface area contributed by atoms with Crippen LogP contribution in [0.15, 0.2) is 60.7 Å². The van der Waals surface area contributed by atoms with E-state index >= 15 is 0 Å². The van der Waals surface area contributed by atoms with Gasteiger partial charge in [0.2, 0.25) is 0 Å². The first kappa shape index (κ1) is 15.8. The number of rotatable bonds is 5. The largest absolute Gasteiger partial charge is 0.351 e. The summed E-state index contributed by atoms with van der Waals surface area (Å²) in [6.45, 7) is 2.76. The summed E-state index contributed by atoms with van der Waals surface area (Å²) < 4.78 is 0. The van der Waals surface area contributed by atoms with Crippen LogP contribution in [-0.2, 0) is 0 Å². The Morgan fingerprint density at radius 1 is 1.12 bits per heavy atom. The third-order valence-corrected chi connectivity index (χ3v) is 4.91. The predicted octanol–water partition coefficient (Wildman–Crippen LogP) is 4.65. The van der Waals surface area contributed by atoms with Gasteiger partial charge in [-0.25, -0.2) is 0 Å². The van der Waals surface area contributed by atoms with Crippen LogP contribution in [0.2, 0.25) is 0 Å². The monoisotopic (exact) mass is 330 g/mol. The summed E-state index contributed by atoms with van der Waals surface area (Å²) in [5, 5.41) is 4.04. The number of para-hydroxylation sites is 1. The third kappa shape index (κ3) is 3.41. The minimum atomic E-state index is -0.0109. The highest BCUT2D eigenvalue weighted by molar-refractivity contribution is 6.06. The molecule has 0 unspecified atom stereocenters. The van der Waals surface area contributed by atoms with Gasteiger partial charge in [0, 0.05) is 23.5 Å². The molecular formula is C22H22N2O. The van der Waals surface area contributed by atoms with E-state index in [0.29, 0.717) is 12.5 Å². The molecule has 0 spiro atoms. The molecule has 0 bridgehead atoms. The second kappa shape index (κ2) is 6.67. The number of nitrogens with zero attached hydrogens (tertiary/aromatic N) is 1. The van der Waals surface area contributed by atoms with Crippen LogP contribution in [0.25, 0.3) is 10.9 Å². The summed E-state index contributed by atoms with van der Waals surface area (Å²) in [6.07, 6.45) is 2.36. The molecule has 126 valence electrons. The van der Waals surface area contributed by atoms with Gasteiger partial charge in [0.1, 0.15) is 0 Å². The zero-order valence-corrected chi connectivity index (χ0v) is 14.4. The van der Waals surface area contributed by atoms with E-state index in [4.69, 9.17) is 4.98 Å². The van der Waals surface area contributed by atoms with E-state index in [9.17, 15) is 4.79 Å². The molecule has 1 saturated carbocycles. The molecule has 4 rings (SSSR count). The standard InChI is InChI=1S/C22H22N2O/c1-15(16-7-3-2-4-8-16)14-23-22(25)19-13-21(17-11-12-17)24-20-10-6-5-9-18(19)20/h2-10,13,15,17H,11-12,14H2,1H3,(H,23,25)/t15-/m0/s1. The highest BCUT2D eigenvalue weighted by Gasteiger charge is 2.27. The zero-order chi connectivity index (χ0) is 17.2. The highest BCUT2D eigenvalue weighted by atomic mass is 16.1. The number of carbonyl (C=O) groups excluding carboxylic acids is 1. The minimum Gasteiger partial charge on any atom is -0.351 e. The zero-order valence-electron chi connectivity index (χ0n) is 14.4. The molecular weight excluding hydrogens is 308 g/mol. The van der Waals surface area contributed by atoms with Crippen molar-refractivity contribution in [3.05, 3.63) is 77.5 Å². The van der Waals surface area contributed by atoms with E-state index in [1.165, 1.54) is 18.4 Å². The fourth-order valence-electron chi connectivity index (χ4n) is 3.21. The Labute approximate surface area is 148 Å². The first-order valence-corrected chi connectivity index (χ1v) is 8.95. The number of nitrogens with one attached hydrogen (secondary N) is 1. The van der Waals surface area contributed by atoms with Crippen molar-refractivity contribution < 1.29 is 4.79 Å². The van der Waals surface area contributed by atoms with Crippen LogP contribution in [0.3, 0.4) is 0 Å². The van der Waals surface area contributed by atoms with Crippen molar-refractivity contribution in [3.63, 3.8) is 0 Å². The van der Waals surface area contributed by atoms with Crippen LogP contribution in [0, 0.1) is 0 Å². The van der Waals surface area contributed by atoms with Crippen LogP contribution in [0.4, 0.5) is 0 Å². The Morgan fingerprint density at radius 2 is 1.84 bits per heavy atom.